The molecule has 2 N–H and O–H groups in total. The monoisotopic (exact) mass is 468 g/mol. The van der Waals surface area contributed by atoms with E-state index in [4.69, 9.17) is 10.5 Å². The van der Waals surface area contributed by atoms with Crippen LogP contribution in [0.15, 0.2) is 54.7 Å². The average Bonchev–Trinajstić information content (AvgIpc) is 3.54. The predicted molar refractivity (Wildman–Crippen MR) is 126 cm³/mol. The third-order valence-corrected chi connectivity index (χ3v) is 6.68. The highest BCUT2D eigenvalue weighted by molar-refractivity contribution is 7.28. The Kier molecular flexibility index (Phi) is 5.41. The van der Waals surface area contributed by atoms with Gasteiger partial charge in [-0.05, 0) is 60.6 Å². The number of anilines is 2. The Morgan fingerprint density at radius 1 is 1.06 bits per heavy atom. The Labute approximate surface area is 192 Å². The summed E-state index contributed by atoms with van der Waals surface area (Å²) in [5.41, 5.74) is 6.45. The summed E-state index contributed by atoms with van der Waals surface area (Å²) in [5.74, 6) is -0.266. The number of aromatic nitrogens is 1. The molecule has 1 aromatic heterocycles. The molecule has 2 fully saturated rings. The van der Waals surface area contributed by atoms with Gasteiger partial charge in [-0.3, -0.25) is 4.79 Å². The third kappa shape index (κ3) is 4.23. The van der Waals surface area contributed by atoms with Crippen molar-refractivity contribution in [1.82, 2.24) is 9.88 Å². The van der Waals surface area contributed by atoms with Gasteiger partial charge in [0.25, 0.3) is 5.91 Å². The van der Waals surface area contributed by atoms with Crippen molar-refractivity contribution in [1.29, 1.82) is 0 Å². The molecule has 9 heteroatoms. The van der Waals surface area contributed by atoms with E-state index in [2.05, 4.69) is 19.1 Å². The second-order valence-corrected chi connectivity index (χ2v) is 9.09. The second kappa shape index (κ2) is 8.27. The van der Waals surface area contributed by atoms with Gasteiger partial charge in [0.05, 0.1) is 23.0 Å². The first kappa shape index (κ1) is 21.6. The first-order valence-electron chi connectivity index (χ1n) is 10.7. The Bertz CT molecular complexity index is 1220. The van der Waals surface area contributed by atoms with Gasteiger partial charge in [0.2, 0.25) is 0 Å². The predicted octanol–water partition coefficient (Wildman–Crippen LogP) is 3.73. The molecule has 0 radical (unpaired) electrons. The van der Waals surface area contributed by atoms with Gasteiger partial charge in [-0.2, -0.15) is 0 Å². The smallest absolute Gasteiger partial charge is 0.257 e. The molecule has 1 aliphatic carbocycles. The zero-order chi connectivity index (χ0) is 23.2. The number of pyridine rings is 1. The molecular weight excluding hydrogens is 445 g/mol. The Balaban J connectivity index is 1.32. The van der Waals surface area contributed by atoms with Crippen LogP contribution in [0.25, 0.3) is 0 Å². The largest absolute Gasteiger partial charge is 0.457 e. The van der Waals surface area contributed by atoms with Gasteiger partial charge in [0.1, 0.15) is 29.0 Å². The molecule has 0 bridgehead atoms. The summed E-state index contributed by atoms with van der Waals surface area (Å²) < 4.78 is 33.5. The van der Waals surface area contributed by atoms with E-state index < -0.39 is 5.82 Å². The Morgan fingerprint density at radius 3 is 2.45 bits per heavy atom. The lowest BCUT2D eigenvalue weighted by Crippen LogP contribution is -2.57. The average molecular weight is 468 g/mol. The number of hydrogen-bond donors (Lipinski definition) is 1. The number of halogens is 2. The second-order valence-electron chi connectivity index (χ2n) is 8.47. The van der Waals surface area contributed by atoms with Crippen LogP contribution in [0.5, 0.6) is 11.5 Å². The first-order valence-corrected chi connectivity index (χ1v) is 11.2. The van der Waals surface area contributed by atoms with E-state index in [1.165, 1.54) is 36.4 Å². The number of amides is 1. The van der Waals surface area contributed by atoms with Crippen molar-refractivity contribution in [2.45, 2.75) is 18.4 Å². The van der Waals surface area contributed by atoms with E-state index in [-0.39, 0.29) is 28.6 Å². The van der Waals surface area contributed by atoms with Gasteiger partial charge in [0, 0.05) is 25.7 Å². The number of ether oxygens (including phenoxy) is 1. The fourth-order valence-electron chi connectivity index (χ4n) is 4.33. The molecular formula is C24H23F2N4O2P. The summed E-state index contributed by atoms with van der Waals surface area (Å²) >= 11 is 0. The van der Waals surface area contributed by atoms with Gasteiger partial charge in [-0.15, -0.1) is 9.24 Å². The number of benzene rings is 2. The van der Waals surface area contributed by atoms with Crippen molar-refractivity contribution >= 4 is 32.0 Å². The molecule has 1 spiro atoms. The molecule has 1 saturated carbocycles. The van der Waals surface area contributed by atoms with Gasteiger partial charge < -0.3 is 20.3 Å². The topological polar surface area (TPSA) is 71.7 Å². The first-order chi connectivity index (χ1) is 15.8. The van der Waals surface area contributed by atoms with Crippen LogP contribution >= 0.6 is 9.24 Å². The number of nitrogen functional groups attached to an aromatic ring is 1. The quantitative estimate of drug-likeness (QED) is 0.591. The highest BCUT2D eigenvalue weighted by Gasteiger charge is 2.53. The Hall–Kier alpha value is -3.25. The standard InChI is InChI=1S/C24H23F2N4O2P/c25-15-1-3-16(4-2-15)32-17-5-6-18(19(26)11-17)23(31)30-10-9-29(14-24(30)7-8-24)20-13-28-22(27)12-21(20)33/h1-6,11-13H,7-10,14,33H2,(H2,27,28). The van der Waals surface area contributed by atoms with Crippen LogP contribution in [0, 0.1) is 11.6 Å². The molecule has 6 nitrogen and oxygen atoms in total. The molecule has 2 heterocycles. The molecule has 1 amide bonds. The Morgan fingerprint density at radius 2 is 1.79 bits per heavy atom. The minimum absolute atomic E-state index is 0.0158. The zero-order valence-electron chi connectivity index (χ0n) is 17.8. The normalized spacial score (nSPS) is 16.7. The number of piperazine rings is 1. The minimum atomic E-state index is -0.646. The summed E-state index contributed by atoms with van der Waals surface area (Å²) in [7, 11) is 2.68. The number of rotatable bonds is 4. The van der Waals surface area contributed by atoms with Crippen molar-refractivity contribution in [2.24, 2.45) is 0 Å². The third-order valence-electron chi connectivity index (χ3n) is 6.22. The molecule has 1 atom stereocenters. The van der Waals surface area contributed by atoms with Crippen LogP contribution in [0.3, 0.4) is 0 Å². The van der Waals surface area contributed by atoms with Crippen LogP contribution in [-0.2, 0) is 0 Å². The van der Waals surface area contributed by atoms with Crippen molar-refractivity contribution in [3.63, 3.8) is 0 Å². The molecule has 1 saturated heterocycles. The molecule has 170 valence electrons. The van der Waals surface area contributed by atoms with Crippen LogP contribution in [-0.4, -0.2) is 41.0 Å². The number of hydrogen-bond acceptors (Lipinski definition) is 5. The SMILES string of the molecule is Nc1cc(P)c(N2CCN(C(=O)c3ccc(Oc4ccc(F)cc4)cc3F)C3(CC3)C2)cn1. The van der Waals surface area contributed by atoms with Crippen molar-refractivity contribution < 1.29 is 18.3 Å². The molecule has 1 unspecified atom stereocenters. The van der Waals surface area contributed by atoms with E-state index in [1.54, 1.807) is 17.2 Å². The highest BCUT2D eigenvalue weighted by Crippen LogP contribution is 2.46. The minimum Gasteiger partial charge on any atom is -0.457 e. The summed E-state index contributed by atoms with van der Waals surface area (Å²) in [6, 6.07) is 11.4. The fourth-order valence-corrected chi connectivity index (χ4v) is 4.76. The number of carbonyl (C=O) groups is 1. The van der Waals surface area contributed by atoms with Crippen molar-refractivity contribution in [3.8, 4) is 11.5 Å². The van der Waals surface area contributed by atoms with Gasteiger partial charge in [-0.1, -0.05) is 0 Å². The van der Waals surface area contributed by atoms with Crippen LogP contribution < -0.4 is 20.7 Å². The van der Waals surface area contributed by atoms with Crippen LogP contribution in [0.4, 0.5) is 20.3 Å². The van der Waals surface area contributed by atoms with Crippen molar-refractivity contribution in [3.05, 3.63) is 71.9 Å². The maximum atomic E-state index is 14.9. The zero-order valence-corrected chi connectivity index (χ0v) is 19.0. The van der Waals surface area contributed by atoms with Crippen LogP contribution in [0.2, 0.25) is 0 Å². The lowest BCUT2D eigenvalue weighted by atomic mass is 10.1. The van der Waals surface area contributed by atoms with Gasteiger partial charge in [-0.25, -0.2) is 13.8 Å². The molecule has 2 aliphatic rings. The lowest BCUT2D eigenvalue weighted by molar-refractivity contribution is 0.0620. The summed E-state index contributed by atoms with van der Waals surface area (Å²) in [5, 5.41) is 0.959. The van der Waals surface area contributed by atoms with Gasteiger partial charge in [0.15, 0.2) is 0 Å². The maximum Gasteiger partial charge on any atom is 0.257 e. The van der Waals surface area contributed by atoms with Gasteiger partial charge >= 0.3 is 0 Å². The number of carbonyl (C=O) groups excluding carboxylic acids is 1. The number of nitrogens with zero attached hydrogens (tertiary/aromatic N) is 3. The summed E-state index contributed by atoms with van der Waals surface area (Å²) in [6.07, 6.45) is 3.50. The van der Waals surface area contributed by atoms with E-state index in [9.17, 15) is 13.6 Å². The van der Waals surface area contributed by atoms with Crippen molar-refractivity contribution in [2.75, 3.05) is 30.3 Å². The lowest BCUT2D eigenvalue weighted by Gasteiger charge is -2.43. The van der Waals surface area contributed by atoms with E-state index in [1.807, 2.05) is 6.07 Å². The maximum absolute atomic E-state index is 14.9. The van der Waals surface area contributed by atoms with E-state index in [0.717, 1.165) is 23.8 Å². The van der Waals surface area contributed by atoms with E-state index >= 15 is 0 Å². The fraction of sp³-hybridized carbons (Fsp3) is 0.250. The molecule has 33 heavy (non-hydrogen) atoms. The van der Waals surface area contributed by atoms with E-state index in [0.29, 0.717) is 31.2 Å². The number of nitrogens with two attached hydrogens (primary N) is 1. The molecule has 1 aliphatic heterocycles. The molecule has 2 aromatic carbocycles. The van der Waals surface area contributed by atoms with Crippen LogP contribution in [0.1, 0.15) is 23.2 Å². The molecule has 3 aromatic rings. The summed E-state index contributed by atoms with van der Waals surface area (Å²) in [6.45, 7) is 1.77. The highest BCUT2D eigenvalue weighted by atomic mass is 31.0. The molecule has 5 rings (SSSR count). The summed E-state index contributed by atoms with van der Waals surface area (Å²) in [4.78, 5) is 21.5.